The van der Waals surface area contributed by atoms with Gasteiger partial charge in [-0.1, -0.05) is 31.8 Å². The number of halogens is 4. The molecule has 0 unspecified atom stereocenters. The number of nitrogens with zero attached hydrogens (tertiary/aromatic N) is 7. The van der Waals surface area contributed by atoms with Gasteiger partial charge in [0.05, 0.1) is 31.3 Å². The van der Waals surface area contributed by atoms with Crippen molar-refractivity contribution in [2.75, 3.05) is 42.1 Å². The van der Waals surface area contributed by atoms with Gasteiger partial charge in [0.25, 0.3) is 11.8 Å². The second-order valence-electron chi connectivity index (χ2n) is 18.6. The topological polar surface area (TPSA) is 208 Å². The van der Waals surface area contributed by atoms with Crippen molar-refractivity contribution >= 4 is 76.6 Å². The Kier molecular flexibility index (Phi) is 16.1. The lowest BCUT2D eigenvalue weighted by atomic mass is 10.0. The van der Waals surface area contributed by atoms with Gasteiger partial charge < -0.3 is 35.5 Å². The van der Waals surface area contributed by atoms with Crippen LogP contribution in [-0.2, 0) is 11.5 Å². The molecule has 0 radical (unpaired) electrons. The fourth-order valence-electron chi connectivity index (χ4n) is 7.90. The summed E-state index contributed by atoms with van der Waals surface area (Å²) in [6.45, 7) is 7.52. The lowest BCUT2D eigenvalue weighted by Crippen LogP contribution is -2.22. The van der Waals surface area contributed by atoms with Gasteiger partial charge in [0, 0.05) is 72.2 Å². The van der Waals surface area contributed by atoms with E-state index in [0.29, 0.717) is 97.1 Å². The molecule has 0 bridgehead atoms. The standard InChI is InChI=1S/C31H32F2N6O3Si.C25H18F2N6O2/c1-41-26-12-8-20(31(40)37-27-7-5-6-14-34-27)17-23(26)29-22-10-13-28(35-25-11-9-21(32)18-24(25)33)36-30(22)39(38-29)19-42-15-16-43(2,3)4;1-35-20-9-5-14(25(34)31-21-4-2-3-11-28-21)12-17(20)23-16-7-10-22(30-24(16)33-32-23)29-19-8-6-15(26)13-18(19)27/h5-14,17-18H,15-16,19H2,1-4H3,(H,35,36)(H,34,37,40);2-13H,1H3,(H,28,31,34)(H2,29,30,32,33). The third kappa shape index (κ3) is 12.7. The van der Waals surface area contributed by atoms with Gasteiger partial charge in [-0.2, -0.15) is 10.2 Å². The third-order valence-corrected chi connectivity index (χ3v) is 13.6. The maximum Gasteiger partial charge on any atom is 0.256 e. The molecule has 0 spiro atoms. The molecule has 0 aliphatic carbocycles. The number of carbonyl (C=O) groups excluding carboxylic acids is 2. The van der Waals surface area contributed by atoms with Crippen molar-refractivity contribution in [3.63, 3.8) is 0 Å². The highest BCUT2D eigenvalue weighted by molar-refractivity contribution is 6.76. The van der Waals surface area contributed by atoms with Gasteiger partial charge in [-0.25, -0.2) is 42.2 Å². The summed E-state index contributed by atoms with van der Waals surface area (Å²) in [7, 11) is 1.76. The number of hydrogen-bond donors (Lipinski definition) is 5. The molecule has 0 fully saturated rings. The zero-order chi connectivity index (χ0) is 54.9. The number of rotatable bonds is 17. The molecular formula is C56H50F4N12O5Si. The number of pyridine rings is 4. The summed E-state index contributed by atoms with van der Waals surface area (Å²) >= 11 is 0. The Morgan fingerprint density at radius 3 is 1.71 bits per heavy atom. The van der Waals surface area contributed by atoms with Crippen LogP contribution in [0.4, 0.5) is 52.2 Å². The number of hydrogen-bond acceptors (Lipinski definition) is 13. The third-order valence-electron chi connectivity index (χ3n) is 11.9. The van der Waals surface area contributed by atoms with Crippen molar-refractivity contribution < 1.29 is 41.4 Å². The molecule has 2 amide bonds. The smallest absolute Gasteiger partial charge is 0.256 e. The van der Waals surface area contributed by atoms with E-state index in [-0.39, 0.29) is 29.9 Å². The number of amides is 2. The summed E-state index contributed by atoms with van der Waals surface area (Å²) in [6, 6.07) is 35.0. The summed E-state index contributed by atoms with van der Waals surface area (Å²) in [5, 5.41) is 24.6. The van der Waals surface area contributed by atoms with E-state index >= 15 is 0 Å². The molecule has 17 nitrogen and oxygen atoms in total. The van der Waals surface area contributed by atoms with Gasteiger partial charge in [-0.15, -0.1) is 0 Å². The van der Waals surface area contributed by atoms with Crippen LogP contribution in [0.15, 0.2) is 146 Å². The molecular weight excluding hydrogens is 1020 g/mol. The Balaban J connectivity index is 0.000000193. The van der Waals surface area contributed by atoms with Crippen LogP contribution in [0.25, 0.3) is 44.6 Å². The molecule has 6 aromatic heterocycles. The molecule has 0 atom stereocenters. The van der Waals surface area contributed by atoms with Crippen LogP contribution in [0.1, 0.15) is 20.7 Å². The van der Waals surface area contributed by atoms with Crippen LogP contribution in [0.3, 0.4) is 0 Å². The lowest BCUT2D eigenvalue weighted by Gasteiger charge is -2.15. The van der Waals surface area contributed by atoms with Crippen LogP contribution in [-0.4, -0.2) is 80.6 Å². The van der Waals surface area contributed by atoms with Crippen molar-refractivity contribution in [1.82, 2.24) is 39.9 Å². The molecule has 6 heterocycles. The van der Waals surface area contributed by atoms with Crippen molar-refractivity contribution in [3.05, 3.63) is 180 Å². The van der Waals surface area contributed by atoms with Crippen LogP contribution in [0, 0.1) is 23.3 Å². The average molecular weight is 1080 g/mol. The number of H-pyrrole nitrogens is 1. The van der Waals surface area contributed by atoms with E-state index in [1.807, 2.05) is 0 Å². The summed E-state index contributed by atoms with van der Waals surface area (Å²) in [4.78, 5) is 43.2. The van der Waals surface area contributed by atoms with E-state index in [0.717, 1.165) is 24.2 Å². The van der Waals surface area contributed by atoms with Crippen molar-refractivity contribution in [2.24, 2.45) is 0 Å². The molecule has 5 N–H and O–H groups in total. The number of methoxy groups -OCH3 is 2. The van der Waals surface area contributed by atoms with E-state index < -0.39 is 31.3 Å². The average Bonchev–Trinajstić information content (AvgIpc) is 4.16. The van der Waals surface area contributed by atoms with Crippen LogP contribution >= 0.6 is 0 Å². The molecule has 4 aromatic carbocycles. The minimum Gasteiger partial charge on any atom is -0.496 e. The lowest BCUT2D eigenvalue weighted by molar-refractivity contribution is 0.0814. The van der Waals surface area contributed by atoms with Crippen LogP contribution in [0.2, 0.25) is 25.7 Å². The molecule has 22 heteroatoms. The van der Waals surface area contributed by atoms with E-state index in [9.17, 15) is 27.2 Å². The van der Waals surface area contributed by atoms with Gasteiger partial charge in [0.2, 0.25) is 0 Å². The maximum atomic E-state index is 14.4. The van der Waals surface area contributed by atoms with Gasteiger partial charge in [-0.05, 0) is 115 Å². The monoisotopic (exact) mass is 1070 g/mol. The number of fused-ring (bicyclic) bond motifs is 2. The molecule has 78 heavy (non-hydrogen) atoms. The van der Waals surface area contributed by atoms with Gasteiger partial charge >= 0.3 is 0 Å². The number of ether oxygens (including phenoxy) is 3. The van der Waals surface area contributed by atoms with Crippen molar-refractivity contribution in [1.29, 1.82) is 0 Å². The Bertz CT molecular complexity index is 3790. The van der Waals surface area contributed by atoms with Crippen LogP contribution < -0.4 is 30.7 Å². The van der Waals surface area contributed by atoms with Crippen molar-refractivity contribution in [3.8, 4) is 34.0 Å². The van der Waals surface area contributed by atoms with E-state index in [2.05, 4.69) is 66.1 Å². The Morgan fingerprint density at radius 2 is 1.17 bits per heavy atom. The predicted octanol–water partition coefficient (Wildman–Crippen LogP) is 12.4. The van der Waals surface area contributed by atoms with Gasteiger partial charge in [-0.3, -0.25) is 14.7 Å². The summed E-state index contributed by atoms with van der Waals surface area (Å²) < 4.78 is 73.7. The van der Waals surface area contributed by atoms with Gasteiger partial charge in [0.1, 0.15) is 70.5 Å². The largest absolute Gasteiger partial charge is 0.496 e. The number of aromatic amines is 1. The first-order valence-corrected chi connectivity index (χ1v) is 27.9. The second-order valence-corrected chi connectivity index (χ2v) is 24.2. The van der Waals surface area contributed by atoms with Crippen LogP contribution in [0.5, 0.6) is 11.5 Å². The maximum absolute atomic E-state index is 14.4. The zero-order valence-electron chi connectivity index (χ0n) is 42.7. The molecule has 0 aliphatic heterocycles. The van der Waals surface area contributed by atoms with Crippen molar-refractivity contribution in [2.45, 2.75) is 32.4 Å². The second kappa shape index (κ2) is 23.6. The fourth-order valence-corrected chi connectivity index (χ4v) is 8.66. The normalized spacial score (nSPS) is 11.2. The molecule has 0 aliphatic rings. The Labute approximate surface area is 445 Å². The summed E-state index contributed by atoms with van der Waals surface area (Å²) in [5.74, 6) is -0.921. The highest BCUT2D eigenvalue weighted by atomic mass is 28.3. The number of nitrogens with one attached hydrogen (secondary N) is 5. The first-order valence-electron chi connectivity index (χ1n) is 24.2. The Hall–Kier alpha value is -9.54. The summed E-state index contributed by atoms with van der Waals surface area (Å²) in [6.07, 6.45) is 3.19. The number of carbonyl (C=O) groups is 2. The zero-order valence-corrected chi connectivity index (χ0v) is 43.7. The minimum atomic E-state index is -1.32. The first-order chi connectivity index (χ1) is 37.6. The minimum absolute atomic E-state index is 0.0826. The van der Waals surface area contributed by atoms with E-state index in [1.54, 1.807) is 121 Å². The quantitative estimate of drug-likeness (QED) is 0.0327. The molecule has 10 rings (SSSR count). The fraction of sp³-hybridized carbons (Fsp3) is 0.143. The highest BCUT2D eigenvalue weighted by Gasteiger charge is 2.22. The molecule has 396 valence electrons. The van der Waals surface area contributed by atoms with E-state index in [1.165, 1.54) is 25.3 Å². The number of benzene rings is 4. The van der Waals surface area contributed by atoms with Gasteiger partial charge in [0.15, 0.2) is 11.3 Å². The highest BCUT2D eigenvalue weighted by Crippen LogP contribution is 2.37. The first kappa shape index (κ1) is 53.3. The Morgan fingerprint density at radius 1 is 0.615 bits per heavy atom. The number of aromatic nitrogens is 8. The molecule has 0 saturated carbocycles. The summed E-state index contributed by atoms with van der Waals surface area (Å²) in [5.41, 5.74) is 4.09. The van der Waals surface area contributed by atoms with E-state index in [4.69, 9.17) is 24.3 Å². The molecule has 0 saturated heterocycles. The SMILES string of the molecule is COc1ccc(C(=O)Nc2ccccn2)cc1-c1[nH]nc2nc(Nc3ccc(F)cc3F)ccc12.COc1ccc(C(=O)Nc2ccccn2)cc1-c1nn(COCC[Si](C)(C)C)c2nc(Nc3ccc(F)cc3F)ccc12. The predicted molar refractivity (Wildman–Crippen MR) is 293 cm³/mol. The number of anilines is 6. The molecule has 10 aromatic rings.